The third kappa shape index (κ3) is 5.54. The van der Waals surface area contributed by atoms with Crippen molar-refractivity contribution in [1.29, 1.82) is 0 Å². The van der Waals surface area contributed by atoms with Crippen molar-refractivity contribution in [2.24, 2.45) is 0 Å². The van der Waals surface area contributed by atoms with Crippen LogP contribution in [-0.2, 0) is 11.2 Å². The second-order valence-electron chi connectivity index (χ2n) is 6.68. The quantitative estimate of drug-likeness (QED) is 0.388. The fraction of sp³-hybridized carbons (Fsp3) is 0.238. The minimum atomic E-state index is -1.36. The zero-order valence-electron chi connectivity index (χ0n) is 16.0. The number of hydrogen-bond donors (Lipinski definition) is 5. The Kier molecular flexibility index (Phi) is 6.82. The van der Waals surface area contributed by atoms with Crippen LogP contribution in [0.4, 0.5) is 10.8 Å². The number of aliphatic hydroxyl groups is 1. The van der Waals surface area contributed by atoms with E-state index in [4.69, 9.17) is 5.73 Å². The molecule has 0 radical (unpaired) electrons. The largest absolute Gasteiger partial charge is 0.508 e. The molecule has 0 bridgehead atoms. The second-order valence-corrected chi connectivity index (χ2v) is 7.57. The van der Waals surface area contributed by atoms with Gasteiger partial charge in [-0.25, -0.2) is 4.98 Å². The van der Waals surface area contributed by atoms with Crippen LogP contribution in [0, 0.1) is 0 Å². The molecule has 1 heterocycles. The Morgan fingerprint density at radius 2 is 1.93 bits per heavy atom. The number of aromatic nitrogens is 1. The van der Waals surface area contributed by atoms with E-state index in [-0.39, 0.29) is 17.5 Å². The van der Waals surface area contributed by atoms with Gasteiger partial charge in [0.25, 0.3) is 5.91 Å². The van der Waals surface area contributed by atoms with Crippen LogP contribution in [-0.4, -0.2) is 27.6 Å². The summed E-state index contributed by atoms with van der Waals surface area (Å²) in [5, 5.41) is 27.9. The van der Waals surface area contributed by atoms with Crippen molar-refractivity contribution >= 4 is 28.1 Å². The molecule has 0 spiro atoms. The van der Waals surface area contributed by atoms with Gasteiger partial charge in [0, 0.05) is 22.7 Å². The Morgan fingerprint density at radius 1 is 1.21 bits per heavy atom. The molecule has 1 aromatic heterocycles. The number of carbonyl (C=O) groups is 1. The molecular weight excluding hydrogens is 388 g/mol. The lowest BCUT2D eigenvalue weighted by Gasteiger charge is -2.15. The maximum absolute atomic E-state index is 12.1. The van der Waals surface area contributed by atoms with Crippen molar-refractivity contribution in [2.45, 2.75) is 25.5 Å². The van der Waals surface area contributed by atoms with Gasteiger partial charge in [-0.2, -0.15) is 0 Å². The number of amides is 1. The zero-order chi connectivity index (χ0) is 20.8. The summed E-state index contributed by atoms with van der Waals surface area (Å²) in [6.07, 6.45) is -0.560. The summed E-state index contributed by atoms with van der Waals surface area (Å²) in [6.45, 7) is 2.75. The summed E-state index contributed by atoms with van der Waals surface area (Å²) in [4.78, 5) is 16.1. The lowest BCUT2D eigenvalue weighted by molar-refractivity contribution is -0.124. The van der Waals surface area contributed by atoms with Crippen molar-refractivity contribution in [3.8, 4) is 5.75 Å². The zero-order valence-corrected chi connectivity index (χ0v) is 16.8. The number of aliphatic hydroxyl groups excluding tert-OH is 1. The van der Waals surface area contributed by atoms with Crippen LogP contribution in [0.25, 0.3) is 0 Å². The molecule has 0 aliphatic rings. The number of anilines is 2. The van der Waals surface area contributed by atoms with E-state index in [1.54, 1.807) is 29.6 Å². The molecule has 0 aliphatic heterocycles. The van der Waals surface area contributed by atoms with Gasteiger partial charge in [-0.3, -0.25) is 4.79 Å². The van der Waals surface area contributed by atoms with Crippen molar-refractivity contribution in [2.75, 3.05) is 17.6 Å². The second kappa shape index (κ2) is 9.51. The summed E-state index contributed by atoms with van der Waals surface area (Å²) in [5.41, 5.74) is 8.34. The number of phenolic OH excluding ortho intramolecular Hbond substituents is 1. The van der Waals surface area contributed by atoms with E-state index in [1.165, 1.54) is 11.3 Å². The minimum Gasteiger partial charge on any atom is -0.508 e. The smallest absolute Gasteiger partial charge is 0.259 e. The molecule has 0 saturated heterocycles. The highest BCUT2D eigenvalue weighted by Crippen LogP contribution is 2.23. The lowest BCUT2D eigenvalue weighted by atomic mass is 10.1. The molecule has 29 heavy (non-hydrogen) atoms. The van der Waals surface area contributed by atoms with Gasteiger partial charge >= 0.3 is 0 Å². The fourth-order valence-electron chi connectivity index (χ4n) is 2.92. The molecule has 2 aromatic carbocycles. The van der Waals surface area contributed by atoms with E-state index in [0.717, 1.165) is 24.1 Å². The van der Waals surface area contributed by atoms with Crippen LogP contribution >= 0.6 is 11.3 Å². The maximum atomic E-state index is 12.1. The van der Waals surface area contributed by atoms with Gasteiger partial charge in [-0.15, -0.1) is 11.3 Å². The maximum Gasteiger partial charge on any atom is 0.259 e. The average Bonchev–Trinajstić information content (AvgIpc) is 3.15. The van der Waals surface area contributed by atoms with Crippen LogP contribution in [0.15, 0.2) is 53.9 Å². The molecule has 6 N–H and O–H groups in total. The number of nitrogen functional groups attached to an aromatic ring is 1. The molecule has 3 rings (SSSR count). The van der Waals surface area contributed by atoms with Gasteiger partial charge in [0.05, 0.1) is 5.69 Å². The Hall–Kier alpha value is -2.94. The molecule has 0 aliphatic carbocycles. The predicted octanol–water partition coefficient (Wildman–Crippen LogP) is 3.00. The highest BCUT2D eigenvalue weighted by atomic mass is 32.1. The Morgan fingerprint density at radius 3 is 2.59 bits per heavy atom. The number of phenols is 1. The highest BCUT2D eigenvalue weighted by molar-refractivity contribution is 7.13. The number of nitrogens with zero attached hydrogens (tertiary/aromatic N) is 1. The Balaban J connectivity index is 1.48. The van der Waals surface area contributed by atoms with Crippen LogP contribution in [0.5, 0.6) is 5.75 Å². The van der Waals surface area contributed by atoms with Gasteiger partial charge < -0.3 is 26.6 Å². The van der Waals surface area contributed by atoms with Crippen molar-refractivity contribution in [3.05, 3.63) is 70.7 Å². The number of nitrogens with one attached hydrogen (secondary N) is 2. The van der Waals surface area contributed by atoms with Crippen molar-refractivity contribution in [1.82, 2.24) is 10.3 Å². The number of hydrogen-bond acceptors (Lipinski definition) is 7. The van der Waals surface area contributed by atoms with Gasteiger partial charge in [-0.1, -0.05) is 30.3 Å². The van der Waals surface area contributed by atoms with Gasteiger partial charge in [-0.05, 0) is 43.7 Å². The molecule has 7 nitrogen and oxygen atoms in total. The highest BCUT2D eigenvalue weighted by Gasteiger charge is 2.20. The Labute approximate surface area is 173 Å². The van der Waals surface area contributed by atoms with Crippen molar-refractivity contribution < 1.29 is 15.0 Å². The first-order valence-corrected chi connectivity index (χ1v) is 10.1. The topological polar surface area (TPSA) is 120 Å². The summed E-state index contributed by atoms with van der Waals surface area (Å²) in [7, 11) is 0. The van der Waals surface area contributed by atoms with Gasteiger partial charge in [0.15, 0.2) is 11.2 Å². The summed E-state index contributed by atoms with van der Waals surface area (Å²) >= 11 is 1.17. The van der Waals surface area contributed by atoms with E-state index in [9.17, 15) is 15.0 Å². The third-order valence-corrected chi connectivity index (χ3v) is 5.25. The average molecular weight is 413 g/mol. The number of para-hydroxylation sites is 1. The van der Waals surface area contributed by atoms with E-state index >= 15 is 0 Å². The Bertz CT molecular complexity index is 959. The number of thiazole rings is 1. The van der Waals surface area contributed by atoms with E-state index in [2.05, 4.69) is 15.6 Å². The van der Waals surface area contributed by atoms with Gasteiger partial charge in [0.2, 0.25) is 0 Å². The van der Waals surface area contributed by atoms with Crippen LogP contribution in [0.3, 0.4) is 0 Å². The predicted molar refractivity (Wildman–Crippen MR) is 115 cm³/mol. The first-order valence-electron chi connectivity index (χ1n) is 9.24. The van der Waals surface area contributed by atoms with E-state index < -0.39 is 12.0 Å². The molecule has 8 heteroatoms. The molecule has 3 aromatic rings. The number of benzene rings is 2. The fourth-order valence-corrected chi connectivity index (χ4v) is 3.50. The van der Waals surface area contributed by atoms with Crippen molar-refractivity contribution in [3.63, 3.8) is 0 Å². The summed E-state index contributed by atoms with van der Waals surface area (Å²) in [6, 6.07) is 14.8. The lowest BCUT2D eigenvalue weighted by Crippen LogP contribution is -2.22. The number of nitrogens with two attached hydrogens (primary N) is 1. The SMILES string of the molecule is C[C@@H](NCCc1ccc(NC(=O)[C@H](O)c2csc(N)n2)cc1)c1ccccc1O. The summed E-state index contributed by atoms with van der Waals surface area (Å²) < 4.78 is 0. The first-order chi connectivity index (χ1) is 13.9. The summed E-state index contributed by atoms with van der Waals surface area (Å²) in [5.74, 6) is -0.267. The van der Waals surface area contributed by atoms with Crippen LogP contribution < -0.4 is 16.4 Å². The van der Waals surface area contributed by atoms with Gasteiger partial charge in [0.1, 0.15) is 5.75 Å². The molecule has 1 amide bonds. The molecule has 0 fully saturated rings. The monoisotopic (exact) mass is 412 g/mol. The van der Waals surface area contributed by atoms with Crippen LogP contribution in [0.1, 0.15) is 35.9 Å². The molecule has 2 atom stereocenters. The molecule has 0 saturated carbocycles. The standard InChI is InChI=1S/C21H24N4O3S/c1-13(16-4-2-3-5-18(16)26)23-11-10-14-6-8-15(9-7-14)24-20(28)19(27)17-12-29-21(22)25-17/h2-9,12-13,19,23,26-27H,10-11H2,1H3,(H2,22,25)(H,24,28)/t13-,19-/m1/s1. The third-order valence-electron chi connectivity index (χ3n) is 4.56. The first kappa shape index (κ1) is 20.8. The molecule has 152 valence electrons. The number of aromatic hydroxyl groups is 1. The van der Waals surface area contributed by atoms with E-state index in [0.29, 0.717) is 10.8 Å². The normalized spacial score (nSPS) is 13.0. The number of carbonyl (C=O) groups excluding carboxylic acids is 1. The van der Waals surface area contributed by atoms with Crippen LogP contribution in [0.2, 0.25) is 0 Å². The molecule has 0 unspecified atom stereocenters. The van der Waals surface area contributed by atoms with E-state index in [1.807, 2.05) is 31.2 Å². The molecular formula is C21H24N4O3S. The minimum absolute atomic E-state index is 0.0380. The number of rotatable bonds is 8.